The summed E-state index contributed by atoms with van der Waals surface area (Å²) in [4.78, 5) is 15.1. The van der Waals surface area contributed by atoms with Gasteiger partial charge < -0.3 is 5.11 Å². The van der Waals surface area contributed by atoms with E-state index in [0.29, 0.717) is 10.9 Å². The third-order valence-electron chi connectivity index (χ3n) is 2.10. The van der Waals surface area contributed by atoms with Gasteiger partial charge in [-0.05, 0) is 30.7 Å². The average Bonchev–Trinajstić information content (AvgIpc) is 2.16. The number of aromatic carboxylic acids is 1. The number of pyridine rings is 1. The zero-order chi connectivity index (χ0) is 10.1. The van der Waals surface area contributed by atoms with E-state index in [-0.39, 0.29) is 0 Å². The molecule has 0 aliphatic heterocycles. The highest BCUT2D eigenvalue weighted by Gasteiger charge is 2.08. The molecule has 0 saturated carbocycles. The van der Waals surface area contributed by atoms with Crippen molar-refractivity contribution in [2.75, 3.05) is 0 Å². The zero-order valence-electron chi connectivity index (χ0n) is 7.69. The molecule has 0 unspecified atom stereocenters. The number of hydrogen-bond donors (Lipinski definition) is 1. The molecule has 3 heteroatoms. The smallest absolute Gasteiger partial charge is 0.336 e. The third kappa shape index (κ3) is 1.33. The summed E-state index contributed by atoms with van der Waals surface area (Å²) in [7, 11) is 0. The molecule has 0 saturated heterocycles. The number of fused-ring (bicyclic) bond motifs is 1. The van der Waals surface area contributed by atoms with Crippen molar-refractivity contribution in [2.45, 2.75) is 6.92 Å². The normalized spacial score (nSPS) is 10.4. The van der Waals surface area contributed by atoms with Crippen molar-refractivity contribution in [2.24, 2.45) is 0 Å². The standard InChI is InChI=1S/C11H9NO2/c1-7-5-9(11(13)14)8-3-2-4-12-10(8)6-7/h2-6H,1H3,(H,13,14). The van der Waals surface area contributed by atoms with Gasteiger partial charge in [0, 0.05) is 11.6 Å². The first-order chi connectivity index (χ1) is 6.68. The van der Waals surface area contributed by atoms with E-state index in [1.54, 1.807) is 24.4 Å². The van der Waals surface area contributed by atoms with Crippen molar-refractivity contribution in [3.05, 3.63) is 41.6 Å². The van der Waals surface area contributed by atoms with Crippen LogP contribution in [-0.2, 0) is 0 Å². The zero-order valence-corrected chi connectivity index (χ0v) is 7.69. The summed E-state index contributed by atoms with van der Waals surface area (Å²) in [6.07, 6.45) is 1.66. The number of aryl methyl sites for hydroxylation is 1. The Morgan fingerprint density at radius 3 is 2.93 bits per heavy atom. The van der Waals surface area contributed by atoms with Crippen LogP contribution in [-0.4, -0.2) is 16.1 Å². The molecule has 1 aromatic carbocycles. The monoisotopic (exact) mass is 187 g/mol. The first-order valence-corrected chi connectivity index (χ1v) is 4.27. The lowest BCUT2D eigenvalue weighted by Gasteiger charge is -2.02. The van der Waals surface area contributed by atoms with Crippen LogP contribution in [0.2, 0.25) is 0 Å². The highest BCUT2D eigenvalue weighted by atomic mass is 16.4. The molecule has 0 aliphatic carbocycles. The Hall–Kier alpha value is -1.90. The second kappa shape index (κ2) is 3.10. The van der Waals surface area contributed by atoms with Gasteiger partial charge in [-0.1, -0.05) is 6.07 Å². The molecule has 0 fully saturated rings. The van der Waals surface area contributed by atoms with E-state index >= 15 is 0 Å². The summed E-state index contributed by atoms with van der Waals surface area (Å²) in [5, 5.41) is 9.67. The van der Waals surface area contributed by atoms with Crippen molar-refractivity contribution < 1.29 is 9.90 Å². The Kier molecular flexibility index (Phi) is 1.93. The molecule has 0 aliphatic rings. The Labute approximate surface area is 81.0 Å². The second-order valence-corrected chi connectivity index (χ2v) is 3.19. The van der Waals surface area contributed by atoms with Crippen LogP contribution >= 0.6 is 0 Å². The average molecular weight is 187 g/mol. The first kappa shape index (κ1) is 8.69. The van der Waals surface area contributed by atoms with Crippen LogP contribution < -0.4 is 0 Å². The van der Waals surface area contributed by atoms with E-state index in [1.165, 1.54) is 0 Å². The van der Waals surface area contributed by atoms with E-state index in [1.807, 2.05) is 13.0 Å². The highest BCUT2D eigenvalue weighted by molar-refractivity contribution is 6.02. The third-order valence-corrected chi connectivity index (χ3v) is 2.10. The molecule has 1 heterocycles. The SMILES string of the molecule is Cc1cc(C(=O)O)c2cccnc2c1. The molecule has 2 aromatic rings. The minimum Gasteiger partial charge on any atom is -0.478 e. The van der Waals surface area contributed by atoms with Gasteiger partial charge in [-0.3, -0.25) is 4.98 Å². The molecule has 0 spiro atoms. The van der Waals surface area contributed by atoms with Crippen LogP contribution in [0.3, 0.4) is 0 Å². The number of carboxylic acids is 1. The fourth-order valence-corrected chi connectivity index (χ4v) is 1.50. The molecule has 0 atom stereocenters. The number of carboxylic acid groups (broad SMARTS) is 1. The lowest BCUT2D eigenvalue weighted by atomic mass is 10.1. The summed E-state index contributed by atoms with van der Waals surface area (Å²) in [6.45, 7) is 1.86. The van der Waals surface area contributed by atoms with Crippen LogP contribution in [0.25, 0.3) is 10.9 Å². The molecule has 70 valence electrons. The highest BCUT2D eigenvalue weighted by Crippen LogP contribution is 2.18. The predicted molar refractivity (Wildman–Crippen MR) is 53.4 cm³/mol. The number of carbonyl (C=O) groups is 1. The van der Waals surface area contributed by atoms with Gasteiger partial charge in [-0.15, -0.1) is 0 Å². The van der Waals surface area contributed by atoms with Gasteiger partial charge in [0.15, 0.2) is 0 Å². The molecular formula is C11H9NO2. The molecule has 0 amide bonds. The maximum Gasteiger partial charge on any atom is 0.336 e. The maximum absolute atomic E-state index is 10.9. The molecule has 14 heavy (non-hydrogen) atoms. The Morgan fingerprint density at radius 1 is 1.43 bits per heavy atom. The summed E-state index contributed by atoms with van der Waals surface area (Å²) in [6, 6.07) is 7.05. The molecule has 0 radical (unpaired) electrons. The van der Waals surface area contributed by atoms with E-state index in [9.17, 15) is 4.79 Å². The van der Waals surface area contributed by atoms with Crippen LogP contribution in [0.5, 0.6) is 0 Å². The first-order valence-electron chi connectivity index (χ1n) is 4.27. The molecule has 1 N–H and O–H groups in total. The van der Waals surface area contributed by atoms with E-state index in [0.717, 1.165) is 11.1 Å². The van der Waals surface area contributed by atoms with E-state index in [4.69, 9.17) is 5.11 Å². The molecule has 3 nitrogen and oxygen atoms in total. The number of nitrogens with zero attached hydrogens (tertiary/aromatic N) is 1. The van der Waals surface area contributed by atoms with Crippen molar-refractivity contribution in [3.8, 4) is 0 Å². The molecular weight excluding hydrogens is 178 g/mol. The van der Waals surface area contributed by atoms with E-state index < -0.39 is 5.97 Å². The Balaban J connectivity index is 2.87. The lowest BCUT2D eigenvalue weighted by molar-refractivity contribution is 0.0699. The van der Waals surface area contributed by atoms with Gasteiger partial charge in [0.25, 0.3) is 0 Å². The summed E-state index contributed by atoms with van der Waals surface area (Å²) < 4.78 is 0. The molecule has 2 rings (SSSR count). The van der Waals surface area contributed by atoms with Gasteiger partial charge in [0.05, 0.1) is 11.1 Å². The number of rotatable bonds is 1. The number of aromatic nitrogens is 1. The summed E-state index contributed by atoms with van der Waals surface area (Å²) in [5.41, 5.74) is 1.95. The van der Waals surface area contributed by atoms with E-state index in [2.05, 4.69) is 4.98 Å². The minimum absolute atomic E-state index is 0.313. The Bertz CT molecular complexity index is 506. The summed E-state index contributed by atoms with van der Waals surface area (Å²) in [5.74, 6) is -0.910. The van der Waals surface area contributed by atoms with Gasteiger partial charge >= 0.3 is 5.97 Å². The van der Waals surface area contributed by atoms with Gasteiger partial charge in [0.2, 0.25) is 0 Å². The van der Waals surface area contributed by atoms with Crippen LogP contribution in [0, 0.1) is 6.92 Å². The van der Waals surface area contributed by atoms with Crippen molar-refractivity contribution in [3.63, 3.8) is 0 Å². The van der Waals surface area contributed by atoms with Crippen molar-refractivity contribution in [1.29, 1.82) is 0 Å². The fourth-order valence-electron chi connectivity index (χ4n) is 1.50. The fraction of sp³-hybridized carbons (Fsp3) is 0.0909. The van der Waals surface area contributed by atoms with Crippen molar-refractivity contribution in [1.82, 2.24) is 4.98 Å². The quantitative estimate of drug-likeness (QED) is 0.744. The lowest BCUT2D eigenvalue weighted by Crippen LogP contribution is -1.98. The predicted octanol–water partition coefficient (Wildman–Crippen LogP) is 2.24. The summed E-state index contributed by atoms with van der Waals surface area (Å²) >= 11 is 0. The molecule has 0 bridgehead atoms. The topological polar surface area (TPSA) is 50.2 Å². The van der Waals surface area contributed by atoms with Crippen LogP contribution in [0.1, 0.15) is 15.9 Å². The van der Waals surface area contributed by atoms with Gasteiger partial charge in [-0.2, -0.15) is 0 Å². The Morgan fingerprint density at radius 2 is 2.21 bits per heavy atom. The molecule has 1 aromatic heterocycles. The van der Waals surface area contributed by atoms with Crippen LogP contribution in [0.4, 0.5) is 0 Å². The minimum atomic E-state index is -0.910. The van der Waals surface area contributed by atoms with Gasteiger partial charge in [-0.25, -0.2) is 4.79 Å². The number of hydrogen-bond acceptors (Lipinski definition) is 2. The van der Waals surface area contributed by atoms with Crippen molar-refractivity contribution >= 4 is 16.9 Å². The number of benzene rings is 1. The van der Waals surface area contributed by atoms with Gasteiger partial charge in [0.1, 0.15) is 0 Å². The maximum atomic E-state index is 10.9. The largest absolute Gasteiger partial charge is 0.478 e. The van der Waals surface area contributed by atoms with Crippen LogP contribution in [0.15, 0.2) is 30.5 Å². The second-order valence-electron chi connectivity index (χ2n) is 3.19.